The number of aromatic nitrogens is 2. The van der Waals surface area contributed by atoms with E-state index in [0.717, 1.165) is 40.8 Å². The molecule has 0 aliphatic heterocycles. The second-order valence-corrected chi connectivity index (χ2v) is 8.56. The molecule has 4 rings (SSSR count). The molecule has 0 unspecified atom stereocenters. The smallest absolute Gasteiger partial charge is 0.137 e. The Balaban J connectivity index is 1.83. The number of allylic oxidation sites excluding steroid dienone is 1. The minimum Gasteiger partial charge on any atom is -0.323 e. The second-order valence-electron chi connectivity index (χ2n) is 6.83. The van der Waals surface area contributed by atoms with Crippen molar-refractivity contribution in [1.82, 2.24) is 14.5 Å². The van der Waals surface area contributed by atoms with Crippen LogP contribution in [0.1, 0.15) is 17.0 Å². The number of likely N-dealkylation sites (N-methyl/N-ethyl adjacent to an activating group) is 1. The van der Waals surface area contributed by atoms with Crippen molar-refractivity contribution in [3.8, 4) is 0 Å². The highest BCUT2D eigenvalue weighted by Crippen LogP contribution is 2.35. The zero-order valence-electron chi connectivity index (χ0n) is 14.6. The maximum atomic E-state index is 6.28. The predicted molar refractivity (Wildman–Crippen MR) is 114 cm³/mol. The minimum absolute atomic E-state index is 0.538. The van der Waals surface area contributed by atoms with E-state index in [1.54, 1.807) is 0 Å². The van der Waals surface area contributed by atoms with Gasteiger partial charge in [-0.05, 0) is 55.6 Å². The Morgan fingerprint density at radius 1 is 1.15 bits per heavy atom. The number of hydrogen-bond acceptors (Lipinski definition) is 2. The van der Waals surface area contributed by atoms with Gasteiger partial charge in [0.1, 0.15) is 5.82 Å². The fourth-order valence-corrected chi connectivity index (χ4v) is 4.07. The molecule has 134 valence electrons. The van der Waals surface area contributed by atoms with Gasteiger partial charge in [0.2, 0.25) is 0 Å². The van der Waals surface area contributed by atoms with Gasteiger partial charge in [-0.1, -0.05) is 45.2 Å². The highest BCUT2D eigenvalue weighted by Gasteiger charge is 2.21. The van der Waals surface area contributed by atoms with Crippen LogP contribution in [0.3, 0.4) is 0 Å². The Labute approximate surface area is 171 Å². The van der Waals surface area contributed by atoms with Crippen molar-refractivity contribution < 1.29 is 0 Å². The summed E-state index contributed by atoms with van der Waals surface area (Å²) in [5, 5.41) is 1.10. The van der Waals surface area contributed by atoms with Crippen molar-refractivity contribution in [3.63, 3.8) is 0 Å². The summed E-state index contributed by atoms with van der Waals surface area (Å²) in [6, 6.07) is 10.2. The van der Waals surface area contributed by atoms with E-state index in [1.807, 2.05) is 12.1 Å². The first-order valence-corrected chi connectivity index (χ1v) is 9.96. The standard InChI is InChI=1S/C20H18BrCl2N3/c1-25(2)5-6-26-19-11-17(23)16(22)10-18(19)24-20(26)14-7-12-3-4-15(21)9-13(12)8-14/h3-4,7,9-11H,5-6,8H2,1-2H3. The molecule has 0 bridgehead atoms. The van der Waals surface area contributed by atoms with Crippen LogP contribution in [0.4, 0.5) is 0 Å². The van der Waals surface area contributed by atoms with Gasteiger partial charge in [0.15, 0.2) is 0 Å². The van der Waals surface area contributed by atoms with E-state index in [-0.39, 0.29) is 0 Å². The summed E-state index contributed by atoms with van der Waals surface area (Å²) in [7, 11) is 4.15. The van der Waals surface area contributed by atoms with E-state index in [4.69, 9.17) is 28.2 Å². The summed E-state index contributed by atoms with van der Waals surface area (Å²) in [6.07, 6.45) is 3.11. The van der Waals surface area contributed by atoms with Gasteiger partial charge in [-0.3, -0.25) is 0 Å². The van der Waals surface area contributed by atoms with Crippen LogP contribution in [0.5, 0.6) is 0 Å². The van der Waals surface area contributed by atoms with E-state index in [9.17, 15) is 0 Å². The molecule has 1 heterocycles. The first-order chi connectivity index (χ1) is 12.4. The number of fused-ring (bicyclic) bond motifs is 2. The third-order valence-corrected chi connectivity index (χ3v) is 5.88. The van der Waals surface area contributed by atoms with Crippen LogP contribution >= 0.6 is 39.1 Å². The Hall–Kier alpha value is -1.33. The lowest BCUT2D eigenvalue weighted by Crippen LogP contribution is -2.19. The molecule has 6 heteroatoms. The third kappa shape index (κ3) is 3.31. The van der Waals surface area contributed by atoms with Crippen molar-refractivity contribution in [2.45, 2.75) is 13.0 Å². The van der Waals surface area contributed by atoms with Crippen molar-refractivity contribution >= 4 is 61.8 Å². The molecule has 0 atom stereocenters. The van der Waals surface area contributed by atoms with Crippen molar-refractivity contribution in [1.29, 1.82) is 0 Å². The van der Waals surface area contributed by atoms with Crippen molar-refractivity contribution in [2.75, 3.05) is 20.6 Å². The number of benzene rings is 2. The summed E-state index contributed by atoms with van der Waals surface area (Å²) in [5.41, 5.74) is 5.70. The zero-order valence-corrected chi connectivity index (χ0v) is 17.7. The molecule has 3 nitrogen and oxygen atoms in total. The summed E-state index contributed by atoms with van der Waals surface area (Å²) >= 11 is 16.1. The molecular formula is C20H18BrCl2N3. The molecule has 2 aromatic carbocycles. The predicted octanol–water partition coefficient (Wildman–Crippen LogP) is 5.76. The van der Waals surface area contributed by atoms with Gasteiger partial charge in [-0.2, -0.15) is 0 Å². The number of imidazole rings is 1. The average molecular weight is 451 g/mol. The van der Waals surface area contributed by atoms with Crippen LogP contribution in [0, 0.1) is 0 Å². The first kappa shape index (κ1) is 18.1. The van der Waals surface area contributed by atoms with Crippen LogP contribution in [0.15, 0.2) is 34.8 Å². The Bertz CT molecular complexity index is 1040. The molecule has 1 aliphatic carbocycles. The monoisotopic (exact) mass is 449 g/mol. The quantitative estimate of drug-likeness (QED) is 0.503. The number of nitrogens with zero attached hydrogens (tertiary/aromatic N) is 3. The van der Waals surface area contributed by atoms with Crippen LogP contribution in [-0.2, 0) is 13.0 Å². The molecule has 26 heavy (non-hydrogen) atoms. The van der Waals surface area contributed by atoms with E-state index in [1.165, 1.54) is 16.7 Å². The van der Waals surface area contributed by atoms with Gasteiger partial charge in [-0.15, -0.1) is 0 Å². The lowest BCUT2D eigenvalue weighted by atomic mass is 10.1. The maximum absolute atomic E-state index is 6.28. The molecule has 0 spiro atoms. The second kappa shape index (κ2) is 7.01. The van der Waals surface area contributed by atoms with Gasteiger partial charge < -0.3 is 9.47 Å². The summed E-state index contributed by atoms with van der Waals surface area (Å²) in [4.78, 5) is 7.07. The third-order valence-electron chi connectivity index (χ3n) is 4.66. The molecule has 1 aliphatic rings. The van der Waals surface area contributed by atoms with Gasteiger partial charge in [0.05, 0.1) is 21.1 Å². The molecule has 0 saturated carbocycles. The average Bonchev–Trinajstić information content (AvgIpc) is 3.14. The number of hydrogen-bond donors (Lipinski definition) is 0. The molecular weight excluding hydrogens is 433 g/mol. The van der Waals surface area contributed by atoms with Gasteiger partial charge in [-0.25, -0.2) is 4.98 Å². The Kier molecular flexibility index (Phi) is 4.86. The highest BCUT2D eigenvalue weighted by molar-refractivity contribution is 9.10. The Morgan fingerprint density at radius 3 is 2.69 bits per heavy atom. The fourth-order valence-electron chi connectivity index (χ4n) is 3.35. The molecule has 0 amide bonds. The largest absolute Gasteiger partial charge is 0.323 e. The van der Waals surface area contributed by atoms with Gasteiger partial charge in [0, 0.05) is 29.6 Å². The zero-order chi connectivity index (χ0) is 18.4. The molecule has 0 N–H and O–H groups in total. The summed E-state index contributed by atoms with van der Waals surface area (Å²) < 4.78 is 3.36. The van der Waals surface area contributed by atoms with Gasteiger partial charge in [0.25, 0.3) is 0 Å². The summed E-state index contributed by atoms with van der Waals surface area (Å²) in [5.74, 6) is 0.993. The van der Waals surface area contributed by atoms with Crippen LogP contribution in [-0.4, -0.2) is 35.1 Å². The van der Waals surface area contributed by atoms with Crippen LogP contribution < -0.4 is 0 Å². The van der Waals surface area contributed by atoms with E-state index >= 15 is 0 Å². The lowest BCUT2D eigenvalue weighted by molar-refractivity contribution is 0.385. The van der Waals surface area contributed by atoms with Crippen LogP contribution in [0.25, 0.3) is 22.7 Å². The van der Waals surface area contributed by atoms with E-state index in [2.05, 4.69) is 63.8 Å². The molecule has 0 saturated heterocycles. The van der Waals surface area contributed by atoms with Crippen molar-refractivity contribution in [3.05, 3.63) is 61.8 Å². The summed E-state index contributed by atoms with van der Waals surface area (Å²) in [6.45, 7) is 1.76. The molecule has 0 fully saturated rings. The molecule has 1 aromatic heterocycles. The molecule has 3 aromatic rings. The maximum Gasteiger partial charge on any atom is 0.137 e. The van der Waals surface area contributed by atoms with Gasteiger partial charge >= 0.3 is 0 Å². The highest BCUT2D eigenvalue weighted by atomic mass is 79.9. The van der Waals surface area contributed by atoms with E-state index < -0.39 is 0 Å². The lowest BCUT2D eigenvalue weighted by Gasteiger charge is -2.14. The van der Waals surface area contributed by atoms with Crippen LogP contribution in [0.2, 0.25) is 10.0 Å². The normalized spacial score (nSPS) is 13.5. The number of halogens is 3. The van der Waals surface area contributed by atoms with Crippen molar-refractivity contribution in [2.24, 2.45) is 0 Å². The topological polar surface area (TPSA) is 21.1 Å². The fraction of sp³-hybridized carbons (Fsp3) is 0.250. The number of rotatable bonds is 4. The first-order valence-electron chi connectivity index (χ1n) is 8.42. The minimum atomic E-state index is 0.538. The SMILES string of the molecule is CN(C)CCn1c(C2=Cc3ccc(Br)cc3C2)nc2cc(Cl)c(Cl)cc21. The Morgan fingerprint density at radius 2 is 1.92 bits per heavy atom. The molecule has 0 radical (unpaired) electrons. The van der Waals surface area contributed by atoms with E-state index in [0.29, 0.717) is 10.0 Å².